The Morgan fingerprint density at radius 2 is 2.06 bits per heavy atom. The molecule has 0 amide bonds. The van der Waals surface area contributed by atoms with E-state index < -0.39 is 0 Å². The van der Waals surface area contributed by atoms with E-state index in [1.807, 2.05) is 11.3 Å². The molecule has 0 radical (unpaired) electrons. The summed E-state index contributed by atoms with van der Waals surface area (Å²) in [5.74, 6) is 0.622. The monoisotopic (exact) mass is 262 g/mol. The van der Waals surface area contributed by atoms with E-state index >= 15 is 0 Å². The molecule has 1 heterocycles. The Morgan fingerprint density at radius 1 is 1.28 bits per heavy atom. The number of rotatable bonds is 6. The third-order valence-electron chi connectivity index (χ3n) is 3.40. The van der Waals surface area contributed by atoms with Crippen molar-refractivity contribution in [1.29, 1.82) is 0 Å². The van der Waals surface area contributed by atoms with Crippen molar-refractivity contribution in [2.75, 3.05) is 6.54 Å². The number of nitrogens with zero attached hydrogens (tertiary/aromatic N) is 1. The summed E-state index contributed by atoms with van der Waals surface area (Å²) in [6.07, 6.45) is 2.26. The van der Waals surface area contributed by atoms with E-state index in [4.69, 9.17) is 4.98 Å². The van der Waals surface area contributed by atoms with Crippen LogP contribution in [0.3, 0.4) is 0 Å². The summed E-state index contributed by atoms with van der Waals surface area (Å²) in [6, 6.07) is 8.94. The van der Waals surface area contributed by atoms with Crippen LogP contribution < -0.4 is 5.32 Å². The van der Waals surface area contributed by atoms with Gasteiger partial charge in [-0.15, -0.1) is 11.3 Å². The molecule has 1 aromatic carbocycles. The molecule has 2 rings (SSSR count). The third-order valence-corrected chi connectivity index (χ3v) is 4.46. The van der Waals surface area contributed by atoms with Gasteiger partial charge in [-0.05, 0) is 37.9 Å². The Hall–Kier alpha value is -0.930. The van der Waals surface area contributed by atoms with Gasteiger partial charge >= 0.3 is 0 Å². The van der Waals surface area contributed by atoms with Gasteiger partial charge in [-0.1, -0.05) is 26.0 Å². The van der Waals surface area contributed by atoms with Crippen LogP contribution in [0.15, 0.2) is 24.3 Å². The number of para-hydroxylation sites is 1. The van der Waals surface area contributed by atoms with Crippen molar-refractivity contribution in [1.82, 2.24) is 10.3 Å². The van der Waals surface area contributed by atoms with Gasteiger partial charge < -0.3 is 5.32 Å². The zero-order valence-corrected chi connectivity index (χ0v) is 12.3. The molecule has 3 heteroatoms. The van der Waals surface area contributed by atoms with Crippen LogP contribution in [0.1, 0.15) is 32.2 Å². The maximum atomic E-state index is 4.71. The van der Waals surface area contributed by atoms with Crippen molar-refractivity contribution < 1.29 is 0 Å². The predicted octanol–water partition coefficient (Wildman–Crippen LogP) is 3.86. The van der Waals surface area contributed by atoms with Gasteiger partial charge in [0.2, 0.25) is 0 Å². The predicted molar refractivity (Wildman–Crippen MR) is 80.2 cm³/mol. The Balaban J connectivity index is 1.99. The molecule has 2 nitrogen and oxygen atoms in total. The van der Waals surface area contributed by atoms with Crippen LogP contribution in [0.5, 0.6) is 0 Å². The first-order valence-electron chi connectivity index (χ1n) is 6.78. The van der Waals surface area contributed by atoms with Gasteiger partial charge in [0.15, 0.2) is 0 Å². The first-order chi connectivity index (χ1) is 8.70. The second-order valence-electron chi connectivity index (χ2n) is 5.00. The molecule has 0 fully saturated rings. The van der Waals surface area contributed by atoms with Crippen LogP contribution in [-0.2, 0) is 6.42 Å². The number of aromatic nitrogens is 1. The van der Waals surface area contributed by atoms with E-state index in [0.717, 1.165) is 18.5 Å². The van der Waals surface area contributed by atoms with Crippen molar-refractivity contribution in [2.24, 2.45) is 5.92 Å². The van der Waals surface area contributed by atoms with Gasteiger partial charge in [0.1, 0.15) is 0 Å². The lowest BCUT2D eigenvalue weighted by Gasteiger charge is -2.20. The number of fused-ring (bicyclic) bond motifs is 1. The van der Waals surface area contributed by atoms with Gasteiger partial charge in [0.25, 0.3) is 0 Å². The zero-order valence-electron chi connectivity index (χ0n) is 11.4. The smallest absolute Gasteiger partial charge is 0.0941 e. The molecule has 0 aliphatic heterocycles. The quantitative estimate of drug-likeness (QED) is 0.855. The number of benzene rings is 1. The highest BCUT2D eigenvalue weighted by atomic mass is 32.1. The van der Waals surface area contributed by atoms with Crippen LogP contribution in [0.2, 0.25) is 0 Å². The average Bonchev–Trinajstić information content (AvgIpc) is 2.77. The summed E-state index contributed by atoms with van der Waals surface area (Å²) in [6.45, 7) is 7.89. The molecule has 0 saturated heterocycles. The van der Waals surface area contributed by atoms with Crippen LogP contribution in [0.25, 0.3) is 10.2 Å². The molecule has 0 aliphatic carbocycles. The number of nitrogens with one attached hydrogen (secondary N) is 1. The van der Waals surface area contributed by atoms with Crippen molar-refractivity contribution in [3.63, 3.8) is 0 Å². The Kier molecular flexibility index (Phi) is 4.72. The van der Waals surface area contributed by atoms with Gasteiger partial charge in [0.05, 0.1) is 15.2 Å². The fourth-order valence-electron chi connectivity index (χ4n) is 2.03. The maximum Gasteiger partial charge on any atom is 0.0941 e. The molecule has 0 aliphatic rings. The van der Waals surface area contributed by atoms with Crippen molar-refractivity contribution in [2.45, 2.75) is 39.7 Å². The third kappa shape index (κ3) is 3.30. The molecular formula is C15H22N2S. The van der Waals surface area contributed by atoms with E-state index in [9.17, 15) is 0 Å². The fourth-order valence-corrected chi connectivity index (χ4v) is 3.14. The minimum absolute atomic E-state index is 0.553. The molecular weight excluding hydrogens is 240 g/mol. The van der Waals surface area contributed by atoms with Gasteiger partial charge in [0, 0.05) is 12.5 Å². The van der Waals surface area contributed by atoms with E-state index in [1.165, 1.54) is 16.1 Å². The molecule has 2 unspecified atom stereocenters. The normalized spacial score (nSPS) is 14.8. The second-order valence-corrected chi connectivity index (χ2v) is 6.11. The summed E-state index contributed by atoms with van der Waals surface area (Å²) in [4.78, 5) is 4.71. The summed E-state index contributed by atoms with van der Waals surface area (Å²) >= 11 is 1.83. The van der Waals surface area contributed by atoms with Gasteiger partial charge in [-0.25, -0.2) is 4.98 Å². The lowest BCUT2D eigenvalue weighted by Crippen LogP contribution is -2.33. The minimum Gasteiger partial charge on any atom is -0.314 e. The molecule has 1 N–H and O–H groups in total. The molecule has 18 heavy (non-hydrogen) atoms. The maximum absolute atomic E-state index is 4.71. The molecule has 2 atom stereocenters. The fraction of sp³-hybridized carbons (Fsp3) is 0.533. The first kappa shape index (κ1) is 13.5. The molecule has 0 spiro atoms. The van der Waals surface area contributed by atoms with Crippen molar-refractivity contribution in [3.05, 3.63) is 29.3 Å². The summed E-state index contributed by atoms with van der Waals surface area (Å²) in [5, 5.41) is 4.82. The summed E-state index contributed by atoms with van der Waals surface area (Å²) in [5.41, 5.74) is 1.14. The van der Waals surface area contributed by atoms with Gasteiger partial charge in [-0.3, -0.25) is 0 Å². The van der Waals surface area contributed by atoms with E-state index in [1.54, 1.807) is 0 Å². The lowest BCUT2D eigenvalue weighted by molar-refractivity contribution is 0.399. The minimum atomic E-state index is 0.553. The van der Waals surface area contributed by atoms with Crippen LogP contribution in [0.4, 0.5) is 0 Å². The molecule has 98 valence electrons. The number of hydrogen-bond acceptors (Lipinski definition) is 3. The van der Waals surface area contributed by atoms with Crippen molar-refractivity contribution >= 4 is 21.6 Å². The second kappa shape index (κ2) is 6.30. The average molecular weight is 262 g/mol. The van der Waals surface area contributed by atoms with Crippen molar-refractivity contribution in [3.8, 4) is 0 Å². The molecule has 2 aromatic rings. The molecule has 0 saturated carbocycles. The lowest BCUT2D eigenvalue weighted by atomic mass is 10.0. The van der Waals surface area contributed by atoms with Crippen LogP contribution >= 0.6 is 11.3 Å². The zero-order chi connectivity index (χ0) is 13.0. The molecule has 0 bridgehead atoms. The number of hydrogen-bond donors (Lipinski definition) is 1. The topological polar surface area (TPSA) is 24.9 Å². The van der Waals surface area contributed by atoms with E-state index in [-0.39, 0.29) is 0 Å². The summed E-state index contributed by atoms with van der Waals surface area (Å²) in [7, 11) is 0. The SMILES string of the molecule is CCCNC(C)C(C)Cc1nc2ccccc2s1. The van der Waals surface area contributed by atoms with Crippen LogP contribution in [0, 0.1) is 5.92 Å². The largest absolute Gasteiger partial charge is 0.314 e. The van der Waals surface area contributed by atoms with E-state index in [2.05, 4.69) is 50.4 Å². The number of thiazole rings is 1. The standard InChI is InChI=1S/C15H22N2S/c1-4-9-16-12(3)11(2)10-15-17-13-7-5-6-8-14(13)18-15/h5-8,11-12,16H,4,9-10H2,1-3H3. The highest BCUT2D eigenvalue weighted by Crippen LogP contribution is 2.24. The van der Waals surface area contributed by atoms with Crippen LogP contribution in [-0.4, -0.2) is 17.6 Å². The first-order valence-corrected chi connectivity index (χ1v) is 7.60. The Morgan fingerprint density at radius 3 is 2.78 bits per heavy atom. The highest BCUT2D eigenvalue weighted by molar-refractivity contribution is 7.18. The highest BCUT2D eigenvalue weighted by Gasteiger charge is 2.14. The summed E-state index contributed by atoms with van der Waals surface area (Å²) < 4.78 is 1.30. The Labute approximate surface area is 113 Å². The Bertz CT molecular complexity index is 459. The van der Waals surface area contributed by atoms with Gasteiger partial charge in [-0.2, -0.15) is 0 Å². The van der Waals surface area contributed by atoms with E-state index in [0.29, 0.717) is 12.0 Å². The molecule has 1 aromatic heterocycles.